The Labute approximate surface area is 118 Å². The van der Waals surface area contributed by atoms with Gasteiger partial charge in [0, 0.05) is 23.9 Å². The van der Waals surface area contributed by atoms with E-state index in [1.807, 2.05) is 18.2 Å². The molecule has 1 aromatic carbocycles. The van der Waals surface area contributed by atoms with Gasteiger partial charge in [-0.3, -0.25) is 9.89 Å². The van der Waals surface area contributed by atoms with Crippen LogP contribution >= 0.6 is 0 Å². The second-order valence-electron chi connectivity index (χ2n) is 6.16. The number of carbonyl (C=O) groups excluding carboxylic acids is 1. The largest absolute Gasteiger partial charge is 0.303 e. The first-order chi connectivity index (χ1) is 9.81. The van der Waals surface area contributed by atoms with Crippen molar-refractivity contribution in [2.75, 3.05) is 19.6 Å². The molecule has 104 valence electrons. The average Bonchev–Trinajstić information content (AvgIpc) is 2.96. The van der Waals surface area contributed by atoms with Crippen LogP contribution in [0.4, 0.5) is 0 Å². The van der Waals surface area contributed by atoms with Gasteiger partial charge in [-0.05, 0) is 43.8 Å². The first kappa shape index (κ1) is 12.1. The molecule has 5 rings (SSSR count). The van der Waals surface area contributed by atoms with Gasteiger partial charge >= 0.3 is 0 Å². The number of piperidine rings is 3. The average molecular weight is 269 g/mol. The zero-order valence-corrected chi connectivity index (χ0v) is 11.5. The molecule has 0 spiro atoms. The lowest BCUT2D eigenvalue weighted by atomic mass is 9.76. The number of benzene rings is 1. The molecule has 20 heavy (non-hydrogen) atoms. The predicted molar refractivity (Wildman–Crippen MR) is 77.7 cm³/mol. The fraction of sp³-hybridized carbons (Fsp3) is 0.500. The highest BCUT2D eigenvalue weighted by atomic mass is 16.1. The quantitative estimate of drug-likeness (QED) is 0.871. The van der Waals surface area contributed by atoms with Crippen molar-refractivity contribution in [1.29, 1.82) is 0 Å². The van der Waals surface area contributed by atoms with E-state index < -0.39 is 0 Å². The molecule has 0 radical (unpaired) electrons. The van der Waals surface area contributed by atoms with Crippen LogP contribution in [0.1, 0.15) is 29.6 Å². The summed E-state index contributed by atoms with van der Waals surface area (Å²) >= 11 is 0. The van der Waals surface area contributed by atoms with Gasteiger partial charge in [0.25, 0.3) is 0 Å². The van der Waals surface area contributed by atoms with Crippen LogP contribution in [0.3, 0.4) is 0 Å². The Morgan fingerprint density at radius 3 is 2.95 bits per heavy atom. The third-order valence-electron chi connectivity index (χ3n) is 5.02. The maximum atomic E-state index is 12.6. The van der Waals surface area contributed by atoms with Crippen molar-refractivity contribution in [3.05, 3.63) is 30.0 Å². The Kier molecular flexibility index (Phi) is 2.84. The van der Waals surface area contributed by atoms with Crippen LogP contribution in [0.5, 0.6) is 0 Å². The summed E-state index contributed by atoms with van der Waals surface area (Å²) in [5.41, 5.74) is 1.78. The van der Waals surface area contributed by atoms with E-state index in [1.54, 1.807) is 6.20 Å². The molecule has 2 bridgehead atoms. The van der Waals surface area contributed by atoms with E-state index in [0.717, 1.165) is 28.9 Å². The van der Waals surface area contributed by atoms with Gasteiger partial charge in [-0.15, -0.1) is 0 Å². The van der Waals surface area contributed by atoms with Crippen molar-refractivity contribution >= 4 is 16.7 Å². The monoisotopic (exact) mass is 269 g/mol. The standard InChI is InChI=1S/C16H19N3O/c20-16(8-12-10-19-6-4-11(12)5-7-19)13-2-1-3-15-14(13)9-17-18-15/h1-3,9,11-12H,4-8,10H2,(H,17,18)/t12-/m1/s1. The van der Waals surface area contributed by atoms with E-state index in [4.69, 9.17) is 0 Å². The Balaban J connectivity index is 1.57. The van der Waals surface area contributed by atoms with Gasteiger partial charge < -0.3 is 4.90 Å². The number of H-pyrrole nitrogens is 1. The first-order valence-corrected chi connectivity index (χ1v) is 7.49. The number of aromatic nitrogens is 2. The maximum Gasteiger partial charge on any atom is 0.163 e. The molecule has 0 aliphatic carbocycles. The Hall–Kier alpha value is -1.68. The van der Waals surface area contributed by atoms with E-state index in [9.17, 15) is 4.79 Å². The van der Waals surface area contributed by atoms with Gasteiger partial charge in [0.1, 0.15) is 0 Å². The van der Waals surface area contributed by atoms with E-state index in [2.05, 4.69) is 15.1 Å². The third-order valence-corrected chi connectivity index (χ3v) is 5.02. The molecule has 3 aliphatic rings. The van der Waals surface area contributed by atoms with Crippen LogP contribution in [0.2, 0.25) is 0 Å². The lowest BCUT2D eigenvalue weighted by Gasteiger charge is -2.44. The zero-order valence-electron chi connectivity index (χ0n) is 11.5. The lowest BCUT2D eigenvalue weighted by molar-refractivity contribution is 0.0441. The molecule has 1 atom stereocenters. The van der Waals surface area contributed by atoms with Crippen LogP contribution < -0.4 is 0 Å². The van der Waals surface area contributed by atoms with Crippen LogP contribution in [0.15, 0.2) is 24.4 Å². The number of aromatic amines is 1. The maximum absolute atomic E-state index is 12.6. The number of hydrogen-bond donors (Lipinski definition) is 1. The molecule has 3 aliphatic heterocycles. The molecule has 0 unspecified atom stereocenters. The van der Waals surface area contributed by atoms with Gasteiger partial charge in [0.2, 0.25) is 0 Å². The highest BCUT2D eigenvalue weighted by molar-refractivity contribution is 6.07. The smallest absolute Gasteiger partial charge is 0.163 e. The summed E-state index contributed by atoms with van der Waals surface area (Å²) in [5, 5.41) is 7.94. The number of nitrogens with zero attached hydrogens (tertiary/aromatic N) is 2. The van der Waals surface area contributed by atoms with Crippen molar-refractivity contribution in [3.8, 4) is 0 Å². The van der Waals surface area contributed by atoms with E-state index in [1.165, 1.54) is 25.9 Å². The van der Waals surface area contributed by atoms with E-state index in [0.29, 0.717) is 12.3 Å². The fourth-order valence-electron chi connectivity index (χ4n) is 3.88. The predicted octanol–water partition coefficient (Wildman–Crippen LogP) is 2.48. The van der Waals surface area contributed by atoms with Crippen LogP contribution in [-0.4, -0.2) is 40.5 Å². The number of carbonyl (C=O) groups is 1. The van der Waals surface area contributed by atoms with Crippen molar-refractivity contribution < 1.29 is 4.79 Å². The Bertz CT molecular complexity index is 640. The topological polar surface area (TPSA) is 49.0 Å². The summed E-state index contributed by atoms with van der Waals surface area (Å²) in [6, 6.07) is 5.83. The molecular weight excluding hydrogens is 250 g/mol. The summed E-state index contributed by atoms with van der Waals surface area (Å²) in [4.78, 5) is 15.2. The van der Waals surface area contributed by atoms with Crippen LogP contribution in [0.25, 0.3) is 10.9 Å². The van der Waals surface area contributed by atoms with Gasteiger partial charge in [0.05, 0.1) is 11.7 Å². The van der Waals surface area contributed by atoms with Crippen molar-refractivity contribution in [2.45, 2.75) is 19.3 Å². The number of Topliss-reactive ketones (excluding diaryl/α,β-unsaturated/α-hetero) is 1. The molecule has 0 saturated carbocycles. The van der Waals surface area contributed by atoms with Crippen LogP contribution in [0, 0.1) is 11.8 Å². The van der Waals surface area contributed by atoms with E-state index >= 15 is 0 Å². The molecule has 4 heteroatoms. The van der Waals surface area contributed by atoms with Gasteiger partial charge in [-0.1, -0.05) is 12.1 Å². The number of fused-ring (bicyclic) bond motifs is 4. The normalized spacial score (nSPS) is 28.9. The lowest BCUT2D eigenvalue weighted by Crippen LogP contribution is -2.47. The molecule has 1 aromatic heterocycles. The van der Waals surface area contributed by atoms with Crippen LogP contribution in [-0.2, 0) is 0 Å². The molecule has 3 saturated heterocycles. The number of nitrogens with one attached hydrogen (secondary N) is 1. The van der Waals surface area contributed by atoms with Gasteiger partial charge in [-0.25, -0.2) is 0 Å². The van der Waals surface area contributed by atoms with E-state index in [-0.39, 0.29) is 5.78 Å². The highest BCUT2D eigenvalue weighted by Gasteiger charge is 2.35. The third kappa shape index (κ3) is 1.95. The van der Waals surface area contributed by atoms with Gasteiger partial charge in [-0.2, -0.15) is 5.10 Å². The van der Waals surface area contributed by atoms with Crippen molar-refractivity contribution in [1.82, 2.24) is 15.1 Å². The number of hydrogen-bond acceptors (Lipinski definition) is 3. The summed E-state index contributed by atoms with van der Waals surface area (Å²) in [6.45, 7) is 3.57. The zero-order chi connectivity index (χ0) is 13.5. The number of rotatable bonds is 3. The Morgan fingerprint density at radius 2 is 2.20 bits per heavy atom. The first-order valence-electron chi connectivity index (χ1n) is 7.49. The molecule has 1 N–H and O–H groups in total. The van der Waals surface area contributed by atoms with Crippen molar-refractivity contribution in [2.24, 2.45) is 11.8 Å². The fourth-order valence-corrected chi connectivity index (χ4v) is 3.88. The molecule has 0 amide bonds. The minimum atomic E-state index is 0.274. The minimum Gasteiger partial charge on any atom is -0.303 e. The SMILES string of the molecule is O=C(C[C@@H]1CN2CCC1CC2)c1cccc2[nH]ncc12. The second kappa shape index (κ2) is 4.70. The molecular formula is C16H19N3O. The molecule has 3 fully saturated rings. The summed E-state index contributed by atoms with van der Waals surface area (Å²) < 4.78 is 0. The van der Waals surface area contributed by atoms with Gasteiger partial charge in [0.15, 0.2) is 5.78 Å². The molecule has 4 heterocycles. The number of ketones is 1. The van der Waals surface area contributed by atoms with Crippen molar-refractivity contribution in [3.63, 3.8) is 0 Å². The summed E-state index contributed by atoms with van der Waals surface area (Å²) in [5.74, 6) is 1.58. The summed E-state index contributed by atoms with van der Waals surface area (Å²) in [7, 11) is 0. The Morgan fingerprint density at radius 1 is 1.35 bits per heavy atom. The molecule has 4 nitrogen and oxygen atoms in total. The second-order valence-corrected chi connectivity index (χ2v) is 6.16. The highest BCUT2D eigenvalue weighted by Crippen LogP contribution is 2.35. The molecule has 2 aromatic rings. The minimum absolute atomic E-state index is 0.274. The summed E-state index contributed by atoms with van der Waals surface area (Å²) in [6.07, 6.45) is 4.99.